The number of carbonyl (C=O) groups excluding carboxylic acids is 2. The summed E-state index contributed by atoms with van der Waals surface area (Å²) in [4.78, 5) is 28.3. The van der Waals surface area contributed by atoms with E-state index in [9.17, 15) is 9.59 Å². The fourth-order valence-electron chi connectivity index (χ4n) is 2.23. The van der Waals surface area contributed by atoms with E-state index in [0.29, 0.717) is 32.8 Å². The van der Waals surface area contributed by atoms with Crippen molar-refractivity contribution < 1.29 is 14.3 Å². The first-order valence-corrected chi connectivity index (χ1v) is 7.04. The van der Waals surface area contributed by atoms with Gasteiger partial charge in [0.25, 0.3) is 0 Å². The van der Waals surface area contributed by atoms with Crippen molar-refractivity contribution >= 4 is 11.8 Å². The van der Waals surface area contributed by atoms with E-state index in [-0.39, 0.29) is 11.8 Å². The highest BCUT2D eigenvalue weighted by Gasteiger charge is 2.41. The number of rotatable bonds is 5. The van der Waals surface area contributed by atoms with Crippen LogP contribution in [0, 0.1) is 5.41 Å². The molecule has 1 fully saturated rings. The number of morpholine rings is 1. The van der Waals surface area contributed by atoms with Crippen molar-refractivity contribution in [3.63, 3.8) is 0 Å². The maximum atomic E-state index is 12.5. The summed E-state index contributed by atoms with van der Waals surface area (Å²) in [5.74, 6) is -0.193. The number of unbranched alkanes of at least 4 members (excludes halogenated alkanes) is 1. The van der Waals surface area contributed by atoms with Crippen LogP contribution in [0.1, 0.15) is 33.6 Å². The molecule has 0 N–H and O–H groups in total. The largest absolute Gasteiger partial charge is 0.378 e. The van der Waals surface area contributed by atoms with Crippen molar-refractivity contribution in [3.05, 3.63) is 0 Å². The van der Waals surface area contributed by atoms with Gasteiger partial charge in [-0.1, -0.05) is 13.3 Å². The molecule has 1 aliphatic rings. The monoisotopic (exact) mass is 270 g/mol. The smallest absolute Gasteiger partial charge is 0.237 e. The number of carbonyl (C=O) groups is 2. The Morgan fingerprint density at radius 3 is 2.37 bits per heavy atom. The van der Waals surface area contributed by atoms with Gasteiger partial charge in [0.15, 0.2) is 0 Å². The minimum absolute atomic E-state index is 0.0934. The van der Waals surface area contributed by atoms with Crippen LogP contribution in [-0.2, 0) is 14.3 Å². The van der Waals surface area contributed by atoms with Crippen LogP contribution in [0.25, 0.3) is 0 Å². The molecular formula is C14H26N2O3. The first-order valence-electron chi connectivity index (χ1n) is 7.04. The molecule has 5 heteroatoms. The van der Waals surface area contributed by atoms with Crippen molar-refractivity contribution in [1.82, 2.24) is 9.80 Å². The number of hydrogen-bond acceptors (Lipinski definition) is 3. The minimum atomic E-state index is -0.986. The molecule has 0 atom stereocenters. The second-order valence-electron chi connectivity index (χ2n) is 5.61. The van der Waals surface area contributed by atoms with Gasteiger partial charge in [-0.2, -0.15) is 0 Å². The van der Waals surface area contributed by atoms with E-state index in [4.69, 9.17) is 4.74 Å². The lowest BCUT2D eigenvalue weighted by atomic mass is 9.89. The second kappa shape index (κ2) is 6.89. The summed E-state index contributed by atoms with van der Waals surface area (Å²) in [5, 5.41) is 0. The Morgan fingerprint density at radius 1 is 1.26 bits per heavy atom. The predicted octanol–water partition coefficient (Wildman–Crippen LogP) is 1.13. The third kappa shape index (κ3) is 3.93. The molecule has 1 heterocycles. The quantitative estimate of drug-likeness (QED) is 0.704. The van der Waals surface area contributed by atoms with Gasteiger partial charge in [-0.05, 0) is 20.3 Å². The second-order valence-corrected chi connectivity index (χ2v) is 5.61. The molecule has 2 amide bonds. The Morgan fingerprint density at radius 2 is 1.84 bits per heavy atom. The van der Waals surface area contributed by atoms with Crippen LogP contribution in [0.3, 0.4) is 0 Å². The van der Waals surface area contributed by atoms with E-state index < -0.39 is 5.41 Å². The van der Waals surface area contributed by atoms with Crippen molar-refractivity contribution in [2.45, 2.75) is 33.6 Å². The van der Waals surface area contributed by atoms with E-state index in [2.05, 4.69) is 6.92 Å². The molecule has 1 saturated heterocycles. The molecule has 0 unspecified atom stereocenters. The Labute approximate surface area is 115 Å². The Balaban J connectivity index is 2.66. The van der Waals surface area contributed by atoms with Crippen LogP contribution in [-0.4, -0.2) is 61.5 Å². The molecule has 1 rings (SSSR count). The van der Waals surface area contributed by atoms with Gasteiger partial charge in [-0.25, -0.2) is 0 Å². The van der Waals surface area contributed by atoms with Crippen LogP contribution >= 0.6 is 0 Å². The molecule has 0 aromatic rings. The standard InChI is InChI=1S/C14H26N2O3/c1-5-6-7-15(4)12(17)14(2,3)13(18)16-8-10-19-11-9-16/h5-11H2,1-4H3. The zero-order valence-corrected chi connectivity index (χ0v) is 12.6. The highest BCUT2D eigenvalue weighted by Crippen LogP contribution is 2.22. The van der Waals surface area contributed by atoms with Crippen molar-refractivity contribution in [2.24, 2.45) is 5.41 Å². The van der Waals surface area contributed by atoms with Crippen molar-refractivity contribution in [2.75, 3.05) is 39.9 Å². The molecular weight excluding hydrogens is 244 g/mol. The van der Waals surface area contributed by atoms with E-state index in [1.165, 1.54) is 0 Å². The molecule has 110 valence electrons. The molecule has 5 nitrogen and oxygen atoms in total. The SMILES string of the molecule is CCCCN(C)C(=O)C(C)(C)C(=O)N1CCOCC1. The molecule has 0 aliphatic carbocycles. The number of nitrogens with zero attached hydrogens (tertiary/aromatic N) is 2. The summed E-state index contributed by atoms with van der Waals surface area (Å²) in [7, 11) is 1.77. The molecule has 0 saturated carbocycles. The fourth-order valence-corrected chi connectivity index (χ4v) is 2.23. The van der Waals surface area contributed by atoms with Gasteiger partial charge in [0.1, 0.15) is 5.41 Å². The van der Waals surface area contributed by atoms with Crippen LogP contribution in [0.15, 0.2) is 0 Å². The van der Waals surface area contributed by atoms with Gasteiger partial charge >= 0.3 is 0 Å². The zero-order chi connectivity index (χ0) is 14.5. The van der Waals surface area contributed by atoms with Crippen LogP contribution < -0.4 is 0 Å². The summed E-state index contributed by atoms with van der Waals surface area (Å²) < 4.78 is 5.23. The van der Waals surface area contributed by atoms with Gasteiger partial charge < -0.3 is 14.5 Å². The number of hydrogen-bond donors (Lipinski definition) is 0. The average molecular weight is 270 g/mol. The molecule has 0 aromatic heterocycles. The molecule has 0 spiro atoms. The van der Waals surface area contributed by atoms with Gasteiger partial charge in [0.05, 0.1) is 13.2 Å². The van der Waals surface area contributed by atoms with Crippen molar-refractivity contribution in [3.8, 4) is 0 Å². The predicted molar refractivity (Wildman–Crippen MR) is 73.7 cm³/mol. The minimum Gasteiger partial charge on any atom is -0.378 e. The highest BCUT2D eigenvalue weighted by molar-refractivity contribution is 6.04. The fraction of sp³-hybridized carbons (Fsp3) is 0.857. The lowest BCUT2D eigenvalue weighted by molar-refractivity contribution is -0.155. The van der Waals surface area contributed by atoms with E-state index in [1.54, 1.807) is 30.7 Å². The molecule has 1 aliphatic heterocycles. The summed E-state index contributed by atoms with van der Waals surface area (Å²) >= 11 is 0. The molecule has 0 radical (unpaired) electrons. The Kier molecular flexibility index (Phi) is 5.79. The summed E-state index contributed by atoms with van der Waals surface area (Å²) in [5.41, 5.74) is -0.986. The van der Waals surface area contributed by atoms with Crippen LogP contribution in [0.4, 0.5) is 0 Å². The van der Waals surface area contributed by atoms with Crippen molar-refractivity contribution in [1.29, 1.82) is 0 Å². The number of ether oxygens (including phenoxy) is 1. The summed E-state index contributed by atoms with van der Waals surface area (Å²) in [6.07, 6.45) is 2.00. The van der Waals surface area contributed by atoms with Gasteiger partial charge in [-0.15, -0.1) is 0 Å². The van der Waals surface area contributed by atoms with Gasteiger partial charge in [0.2, 0.25) is 11.8 Å². The first kappa shape index (κ1) is 16.0. The summed E-state index contributed by atoms with van der Waals surface area (Å²) in [6, 6.07) is 0. The molecule has 19 heavy (non-hydrogen) atoms. The normalized spacial score (nSPS) is 16.3. The third-order valence-corrected chi connectivity index (χ3v) is 3.56. The van der Waals surface area contributed by atoms with Crippen LogP contribution in [0.5, 0.6) is 0 Å². The van der Waals surface area contributed by atoms with E-state index in [0.717, 1.165) is 12.8 Å². The van der Waals surface area contributed by atoms with Gasteiger partial charge in [0, 0.05) is 26.7 Å². The third-order valence-electron chi connectivity index (χ3n) is 3.56. The Bertz CT molecular complexity index is 323. The van der Waals surface area contributed by atoms with Crippen LogP contribution in [0.2, 0.25) is 0 Å². The maximum Gasteiger partial charge on any atom is 0.237 e. The maximum absolute atomic E-state index is 12.5. The molecule has 0 aromatic carbocycles. The number of amides is 2. The van der Waals surface area contributed by atoms with Gasteiger partial charge in [-0.3, -0.25) is 9.59 Å². The lowest BCUT2D eigenvalue weighted by Crippen LogP contribution is -2.52. The average Bonchev–Trinajstić information content (AvgIpc) is 2.43. The highest BCUT2D eigenvalue weighted by atomic mass is 16.5. The zero-order valence-electron chi connectivity index (χ0n) is 12.6. The Hall–Kier alpha value is -1.10. The van der Waals surface area contributed by atoms with E-state index in [1.807, 2.05) is 0 Å². The molecule has 0 bridgehead atoms. The topological polar surface area (TPSA) is 49.9 Å². The first-order chi connectivity index (χ1) is 8.91. The lowest BCUT2D eigenvalue weighted by Gasteiger charge is -2.35. The van der Waals surface area contributed by atoms with E-state index >= 15 is 0 Å². The summed E-state index contributed by atoms with van der Waals surface area (Å²) in [6.45, 7) is 8.49.